The minimum Gasteiger partial charge on any atom is -0.369 e. The summed E-state index contributed by atoms with van der Waals surface area (Å²) in [6, 6.07) is 5.93. The molecular formula is C15H19IN4. The van der Waals surface area contributed by atoms with Gasteiger partial charge in [-0.1, -0.05) is 19.4 Å². The summed E-state index contributed by atoms with van der Waals surface area (Å²) in [6.45, 7) is 7.06. The predicted molar refractivity (Wildman–Crippen MR) is 90.9 cm³/mol. The highest BCUT2D eigenvalue weighted by Gasteiger charge is 2.13. The number of nitrogens with one attached hydrogen (secondary N) is 1. The summed E-state index contributed by atoms with van der Waals surface area (Å²) in [4.78, 5) is 13.8. The maximum Gasteiger partial charge on any atom is 0.180 e. The number of hydrogen-bond donors (Lipinski definition) is 1. The number of anilines is 1. The Labute approximate surface area is 133 Å². The maximum absolute atomic E-state index is 4.70. The second-order valence-corrected chi connectivity index (χ2v) is 5.68. The lowest BCUT2D eigenvalue weighted by atomic mass is 10.2. The molecule has 2 rings (SSSR count). The third-order valence-corrected chi connectivity index (χ3v) is 4.00. The smallest absolute Gasteiger partial charge is 0.180 e. The molecule has 1 N–H and O–H groups in total. The molecule has 5 heteroatoms. The van der Waals surface area contributed by atoms with E-state index in [4.69, 9.17) is 4.98 Å². The molecule has 0 atom stereocenters. The Morgan fingerprint density at radius 2 is 1.95 bits per heavy atom. The largest absolute Gasteiger partial charge is 0.369 e. The predicted octanol–water partition coefficient (Wildman–Crippen LogP) is 3.84. The normalized spacial score (nSPS) is 10.6. The van der Waals surface area contributed by atoms with Crippen molar-refractivity contribution in [1.29, 1.82) is 0 Å². The molecule has 0 unspecified atom stereocenters. The summed E-state index contributed by atoms with van der Waals surface area (Å²) in [6.07, 6.45) is 2.03. The van der Waals surface area contributed by atoms with Gasteiger partial charge in [-0.25, -0.2) is 15.0 Å². The van der Waals surface area contributed by atoms with Crippen molar-refractivity contribution in [3.63, 3.8) is 0 Å². The fourth-order valence-corrected chi connectivity index (χ4v) is 2.66. The van der Waals surface area contributed by atoms with E-state index >= 15 is 0 Å². The van der Waals surface area contributed by atoms with Crippen LogP contribution in [0.1, 0.15) is 31.7 Å². The molecule has 2 aromatic rings. The number of halogens is 1. The van der Waals surface area contributed by atoms with Gasteiger partial charge in [0, 0.05) is 12.2 Å². The Morgan fingerprint density at radius 1 is 1.15 bits per heavy atom. The van der Waals surface area contributed by atoms with Crippen molar-refractivity contribution in [3.8, 4) is 11.5 Å². The molecule has 0 amide bonds. The molecule has 20 heavy (non-hydrogen) atoms. The van der Waals surface area contributed by atoms with Crippen LogP contribution in [-0.4, -0.2) is 21.5 Å². The van der Waals surface area contributed by atoms with Gasteiger partial charge in [0.1, 0.15) is 11.5 Å². The van der Waals surface area contributed by atoms with Crippen LogP contribution in [0.4, 0.5) is 5.82 Å². The average molecular weight is 382 g/mol. The Bertz CT molecular complexity index is 571. The zero-order valence-electron chi connectivity index (χ0n) is 12.1. The number of hydrogen-bond acceptors (Lipinski definition) is 4. The summed E-state index contributed by atoms with van der Waals surface area (Å²) in [7, 11) is 0. The maximum atomic E-state index is 4.70. The molecule has 4 nitrogen and oxygen atoms in total. The van der Waals surface area contributed by atoms with Crippen LogP contribution in [0, 0.1) is 10.5 Å². The van der Waals surface area contributed by atoms with Gasteiger partial charge in [-0.2, -0.15) is 0 Å². The Balaban J connectivity index is 2.52. The summed E-state index contributed by atoms with van der Waals surface area (Å²) in [5, 5.41) is 3.31. The lowest BCUT2D eigenvalue weighted by molar-refractivity contribution is 0.865. The standard InChI is InChI=1S/C15H19IN4/c1-4-7-11-13(16)15(17-5-2)20-14(19-11)12-9-6-8-10(3)18-12/h6,8-9H,4-5,7H2,1-3H3,(H,17,19,20). The molecule has 0 aliphatic rings. The molecule has 0 aliphatic carbocycles. The van der Waals surface area contributed by atoms with Crippen molar-refractivity contribution in [3.05, 3.63) is 33.2 Å². The van der Waals surface area contributed by atoms with E-state index in [2.05, 4.69) is 51.7 Å². The van der Waals surface area contributed by atoms with Crippen molar-refractivity contribution in [2.45, 2.75) is 33.6 Å². The van der Waals surface area contributed by atoms with E-state index in [-0.39, 0.29) is 0 Å². The molecule has 2 aromatic heterocycles. The third-order valence-electron chi connectivity index (χ3n) is 2.87. The van der Waals surface area contributed by atoms with E-state index in [1.165, 1.54) is 0 Å². The van der Waals surface area contributed by atoms with E-state index in [1.54, 1.807) is 0 Å². The Morgan fingerprint density at radius 3 is 2.60 bits per heavy atom. The molecule has 0 spiro atoms. The highest BCUT2D eigenvalue weighted by atomic mass is 127. The van der Waals surface area contributed by atoms with E-state index in [0.717, 1.165) is 45.9 Å². The SMILES string of the molecule is CCCc1nc(-c2cccc(C)n2)nc(NCC)c1I. The fraction of sp³-hybridized carbons (Fsp3) is 0.400. The van der Waals surface area contributed by atoms with Gasteiger partial charge >= 0.3 is 0 Å². The van der Waals surface area contributed by atoms with Gasteiger partial charge < -0.3 is 5.32 Å². The van der Waals surface area contributed by atoms with Crippen LogP contribution in [0.5, 0.6) is 0 Å². The number of rotatable bonds is 5. The van der Waals surface area contributed by atoms with Crippen LogP contribution < -0.4 is 5.32 Å². The molecule has 2 heterocycles. The number of pyridine rings is 1. The molecule has 106 valence electrons. The van der Waals surface area contributed by atoms with Gasteiger partial charge in [-0.05, 0) is 55.0 Å². The monoisotopic (exact) mass is 382 g/mol. The van der Waals surface area contributed by atoms with Gasteiger partial charge in [0.2, 0.25) is 0 Å². The van der Waals surface area contributed by atoms with Crippen LogP contribution >= 0.6 is 22.6 Å². The van der Waals surface area contributed by atoms with Crippen LogP contribution in [0.3, 0.4) is 0 Å². The first-order chi connectivity index (χ1) is 9.65. The lowest BCUT2D eigenvalue weighted by Gasteiger charge is -2.11. The van der Waals surface area contributed by atoms with Crippen LogP contribution in [0.15, 0.2) is 18.2 Å². The highest BCUT2D eigenvalue weighted by molar-refractivity contribution is 14.1. The summed E-state index contributed by atoms with van der Waals surface area (Å²) in [5.74, 6) is 1.61. The fourth-order valence-electron chi connectivity index (χ4n) is 1.96. The quantitative estimate of drug-likeness (QED) is 0.799. The molecular weight excluding hydrogens is 363 g/mol. The molecule has 0 aliphatic heterocycles. The third kappa shape index (κ3) is 3.45. The van der Waals surface area contributed by atoms with Crippen molar-refractivity contribution in [1.82, 2.24) is 15.0 Å². The minimum atomic E-state index is 0.702. The van der Waals surface area contributed by atoms with Crippen molar-refractivity contribution < 1.29 is 0 Å². The van der Waals surface area contributed by atoms with Crippen LogP contribution in [0.25, 0.3) is 11.5 Å². The zero-order valence-corrected chi connectivity index (χ0v) is 14.2. The van der Waals surface area contributed by atoms with Crippen LogP contribution in [-0.2, 0) is 6.42 Å². The molecule has 0 radical (unpaired) electrons. The minimum absolute atomic E-state index is 0.702. The first-order valence-corrected chi connectivity index (χ1v) is 7.97. The molecule has 0 aromatic carbocycles. The van der Waals surface area contributed by atoms with E-state index in [1.807, 2.05) is 25.1 Å². The first kappa shape index (κ1) is 15.2. The van der Waals surface area contributed by atoms with Gasteiger partial charge in [0.15, 0.2) is 5.82 Å². The summed E-state index contributed by atoms with van der Waals surface area (Å²) in [5.41, 5.74) is 2.90. The van der Waals surface area contributed by atoms with E-state index in [0.29, 0.717) is 5.82 Å². The summed E-state index contributed by atoms with van der Waals surface area (Å²) >= 11 is 2.32. The van der Waals surface area contributed by atoms with Crippen LogP contribution in [0.2, 0.25) is 0 Å². The highest BCUT2D eigenvalue weighted by Crippen LogP contribution is 2.24. The second kappa shape index (κ2) is 6.97. The van der Waals surface area contributed by atoms with Crippen molar-refractivity contribution in [2.24, 2.45) is 0 Å². The lowest BCUT2D eigenvalue weighted by Crippen LogP contribution is -2.08. The number of aromatic nitrogens is 3. The Hall–Kier alpha value is -1.24. The molecule has 0 fully saturated rings. The number of aryl methyl sites for hydroxylation is 2. The zero-order chi connectivity index (χ0) is 14.5. The molecule has 0 bridgehead atoms. The van der Waals surface area contributed by atoms with Crippen molar-refractivity contribution in [2.75, 3.05) is 11.9 Å². The Kier molecular flexibility index (Phi) is 5.28. The van der Waals surface area contributed by atoms with Gasteiger partial charge in [0.05, 0.1) is 9.26 Å². The summed E-state index contributed by atoms with van der Waals surface area (Å²) < 4.78 is 1.11. The topological polar surface area (TPSA) is 50.7 Å². The first-order valence-electron chi connectivity index (χ1n) is 6.90. The second-order valence-electron chi connectivity index (χ2n) is 4.60. The van der Waals surface area contributed by atoms with Crippen molar-refractivity contribution >= 4 is 28.4 Å². The van der Waals surface area contributed by atoms with Gasteiger partial charge in [-0.3, -0.25) is 0 Å². The number of nitrogens with zero attached hydrogens (tertiary/aromatic N) is 3. The van der Waals surface area contributed by atoms with Gasteiger partial charge in [0.25, 0.3) is 0 Å². The van der Waals surface area contributed by atoms with E-state index in [9.17, 15) is 0 Å². The molecule has 0 saturated heterocycles. The molecule has 0 saturated carbocycles. The average Bonchev–Trinajstić information content (AvgIpc) is 2.43. The van der Waals surface area contributed by atoms with Gasteiger partial charge in [-0.15, -0.1) is 0 Å². The van der Waals surface area contributed by atoms with E-state index < -0.39 is 0 Å².